The fraction of sp³-hybridized carbons (Fsp3) is 0.706. The molecule has 158 valence electrons. The molecule has 1 amide bonds. The van der Waals surface area contributed by atoms with Gasteiger partial charge in [0.05, 0.1) is 0 Å². The highest BCUT2D eigenvalue weighted by Crippen LogP contribution is 2.35. The molecule has 1 aliphatic rings. The number of piperidine rings is 1. The molecule has 0 aliphatic carbocycles. The molecule has 28 heavy (non-hydrogen) atoms. The highest BCUT2D eigenvalue weighted by molar-refractivity contribution is 9.10. The van der Waals surface area contributed by atoms with Crippen LogP contribution < -0.4 is 11.1 Å². The molecular weight excluding hydrogens is 443 g/mol. The monoisotopic (exact) mass is 467 g/mol. The van der Waals surface area contributed by atoms with Gasteiger partial charge in [0.2, 0.25) is 0 Å². The number of hydrogen-bond donors (Lipinski definition) is 2. The van der Waals surface area contributed by atoms with Gasteiger partial charge < -0.3 is 20.7 Å². The predicted octanol–water partition coefficient (Wildman–Crippen LogP) is 4.43. The molecular formula is C17H25BrF3N5O2. The summed E-state index contributed by atoms with van der Waals surface area (Å²) in [6, 6.07) is -0.263. The van der Waals surface area contributed by atoms with Crippen molar-refractivity contribution in [1.29, 1.82) is 0 Å². The van der Waals surface area contributed by atoms with E-state index in [4.69, 9.17) is 10.5 Å². The number of rotatable bonds is 2. The number of likely N-dealkylation sites (tertiary alicyclic amines) is 1. The summed E-state index contributed by atoms with van der Waals surface area (Å²) in [6.07, 6.45) is -3.77. The zero-order valence-corrected chi connectivity index (χ0v) is 18.0. The molecule has 2 heterocycles. The second-order valence-electron chi connectivity index (χ2n) is 8.38. The maximum atomic E-state index is 12.9. The van der Waals surface area contributed by atoms with Crippen LogP contribution in [0.5, 0.6) is 0 Å². The van der Waals surface area contributed by atoms with Gasteiger partial charge in [-0.25, -0.2) is 14.8 Å². The predicted molar refractivity (Wildman–Crippen MR) is 103 cm³/mol. The lowest BCUT2D eigenvalue weighted by Crippen LogP contribution is -2.57. The summed E-state index contributed by atoms with van der Waals surface area (Å²) in [6.45, 7) is 9.53. The lowest BCUT2D eigenvalue weighted by atomic mass is 9.88. The van der Waals surface area contributed by atoms with Crippen LogP contribution in [0.3, 0.4) is 0 Å². The number of aromatic nitrogens is 2. The van der Waals surface area contributed by atoms with Crippen molar-refractivity contribution in [2.45, 2.75) is 70.8 Å². The van der Waals surface area contributed by atoms with E-state index < -0.39 is 33.7 Å². The molecule has 0 spiro atoms. The molecule has 0 bridgehead atoms. The van der Waals surface area contributed by atoms with Crippen molar-refractivity contribution >= 4 is 33.7 Å². The Kier molecular flexibility index (Phi) is 6.08. The number of nitrogens with zero attached hydrogens (tertiary/aromatic N) is 3. The first-order valence-electron chi connectivity index (χ1n) is 8.77. The molecule has 0 radical (unpaired) electrons. The van der Waals surface area contributed by atoms with Crippen LogP contribution in [0.4, 0.5) is 29.6 Å². The first-order valence-corrected chi connectivity index (χ1v) is 9.57. The largest absolute Gasteiger partial charge is 0.444 e. The smallest absolute Gasteiger partial charge is 0.436 e. The second-order valence-corrected chi connectivity index (χ2v) is 9.13. The van der Waals surface area contributed by atoms with E-state index in [0.717, 1.165) is 0 Å². The molecule has 0 aromatic carbocycles. The van der Waals surface area contributed by atoms with E-state index >= 15 is 0 Å². The number of carbonyl (C=O) groups is 1. The van der Waals surface area contributed by atoms with Gasteiger partial charge in [-0.1, -0.05) is 0 Å². The van der Waals surface area contributed by atoms with Crippen LogP contribution in [0, 0.1) is 0 Å². The molecule has 7 nitrogen and oxygen atoms in total. The third kappa shape index (κ3) is 5.39. The van der Waals surface area contributed by atoms with Crippen molar-refractivity contribution in [2.24, 2.45) is 0 Å². The van der Waals surface area contributed by atoms with Gasteiger partial charge in [-0.3, -0.25) is 0 Å². The molecule has 11 heteroatoms. The number of alkyl halides is 3. The Morgan fingerprint density at radius 1 is 1.32 bits per heavy atom. The Morgan fingerprint density at radius 2 is 1.93 bits per heavy atom. The van der Waals surface area contributed by atoms with E-state index in [2.05, 4.69) is 31.2 Å². The van der Waals surface area contributed by atoms with Gasteiger partial charge in [0.1, 0.15) is 10.2 Å². The molecule has 1 aliphatic heterocycles. The van der Waals surface area contributed by atoms with Gasteiger partial charge in [-0.05, 0) is 63.4 Å². The van der Waals surface area contributed by atoms with Crippen molar-refractivity contribution < 1.29 is 22.7 Å². The minimum Gasteiger partial charge on any atom is -0.444 e. The summed E-state index contributed by atoms with van der Waals surface area (Å²) in [5.74, 6) is -0.321. The van der Waals surface area contributed by atoms with Gasteiger partial charge in [0, 0.05) is 18.1 Å². The standard InChI is InChI=1S/C17H25BrF3N5O2/c1-15(2,3)28-14(27)26-8-9(6-7-16(26,4)5)23-13-12(22)24-10(11(18)25-13)17(19,20)21/h9H,6-8H2,1-5H3,(H2,22,24)(H,23,25). The van der Waals surface area contributed by atoms with Crippen LogP contribution in [0.15, 0.2) is 4.60 Å². The number of ether oxygens (including phenoxy) is 1. The molecule has 1 unspecified atom stereocenters. The first kappa shape index (κ1) is 22.5. The summed E-state index contributed by atoms with van der Waals surface area (Å²) in [4.78, 5) is 21.5. The summed E-state index contributed by atoms with van der Waals surface area (Å²) in [5, 5.41) is 3.01. The molecule has 3 N–H and O–H groups in total. The number of carbonyl (C=O) groups excluding carboxylic acids is 1. The van der Waals surface area contributed by atoms with Gasteiger partial charge in [-0.15, -0.1) is 0 Å². The fourth-order valence-electron chi connectivity index (χ4n) is 2.89. The summed E-state index contributed by atoms with van der Waals surface area (Å²) in [7, 11) is 0. The van der Waals surface area contributed by atoms with E-state index in [1.807, 2.05) is 13.8 Å². The second kappa shape index (κ2) is 7.57. The van der Waals surface area contributed by atoms with Crippen molar-refractivity contribution in [3.63, 3.8) is 0 Å². The van der Waals surface area contributed by atoms with E-state index in [1.165, 1.54) is 0 Å². The summed E-state index contributed by atoms with van der Waals surface area (Å²) in [5.41, 5.74) is 3.43. The van der Waals surface area contributed by atoms with Gasteiger partial charge in [0.15, 0.2) is 17.3 Å². The Bertz CT molecular complexity index is 750. The van der Waals surface area contributed by atoms with E-state index in [-0.39, 0.29) is 17.7 Å². The van der Waals surface area contributed by atoms with Crippen molar-refractivity contribution in [2.75, 3.05) is 17.6 Å². The number of nitrogens with one attached hydrogen (secondary N) is 1. The minimum absolute atomic E-state index is 0.0359. The molecule has 1 saturated heterocycles. The lowest BCUT2D eigenvalue weighted by molar-refractivity contribution is -0.142. The molecule has 1 aromatic rings. The average Bonchev–Trinajstić information content (AvgIpc) is 2.49. The normalized spacial score (nSPS) is 20.0. The number of halogens is 4. The third-order valence-electron chi connectivity index (χ3n) is 4.34. The molecule has 1 fully saturated rings. The third-order valence-corrected chi connectivity index (χ3v) is 4.89. The van der Waals surface area contributed by atoms with E-state index in [0.29, 0.717) is 19.4 Å². The Morgan fingerprint density at radius 3 is 2.46 bits per heavy atom. The topological polar surface area (TPSA) is 93.4 Å². The van der Waals surface area contributed by atoms with E-state index in [9.17, 15) is 18.0 Å². The maximum Gasteiger partial charge on any atom is 0.436 e. The van der Waals surface area contributed by atoms with Crippen molar-refractivity contribution in [1.82, 2.24) is 14.9 Å². The van der Waals surface area contributed by atoms with Crippen LogP contribution in [-0.2, 0) is 10.9 Å². The van der Waals surface area contributed by atoms with Crippen LogP contribution in [0.25, 0.3) is 0 Å². The molecule has 2 rings (SSSR count). The summed E-state index contributed by atoms with van der Waals surface area (Å²) < 4.78 is 43.8. The van der Waals surface area contributed by atoms with Crippen molar-refractivity contribution in [3.8, 4) is 0 Å². The summed E-state index contributed by atoms with van der Waals surface area (Å²) >= 11 is 2.79. The number of hydrogen-bond acceptors (Lipinski definition) is 6. The zero-order chi connectivity index (χ0) is 21.5. The van der Waals surface area contributed by atoms with Gasteiger partial charge in [0.25, 0.3) is 0 Å². The number of nitrogen functional groups attached to an aromatic ring is 1. The lowest BCUT2D eigenvalue weighted by Gasteiger charge is -2.45. The molecule has 1 atom stereocenters. The SMILES string of the molecule is CC(C)(C)OC(=O)N1CC(Nc2nc(Br)c(C(F)(F)F)nc2N)CCC1(C)C. The van der Waals surface area contributed by atoms with Crippen LogP contribution >= 0.6 is 15.9 Å². The van der Waals surface area contributed by atoms with E-state index in [1.54, 1.807) is 25.7 Å². The number of anilines is 2. The fourth-order valence-corrected chi connectivity index (χ4v) is 3.38. The first-order chi connectivity index (χ1) is 12.6. The highest BCUT2D eigenvalue weighted by atomic mass is 79.9. The number of amides is 1. The highest BCUT2D eigenvalue weighted by Gasteiger charge is 2.40. The molecule has 0 saturated carbocycles. The minimum atomic E-state index is -4.67. The maximum absolute atomic E-state index is 12.9. The van der Waals surface area contributed by atoms with Crippen LogP contribution in [-0.4, -0.2) is 44.7 Å². The average molecular weight is 468 g/mol. The quantitative estimate of drug-likeness (QED) is 0.667. The van der Waals surface area contributed by atoms with Crippen LogP contribution in [0.1, 0.15) is 53.2 Å². The van der Waals surface area contributed by atoms with Gasteiger partial charge >= 0.3 is 12.3 Å². The van der Waals surface area contributed by atoms with Gasteiger partial charge in [-0.2, -0.15) is 13.2 Å². The van der Waals surface area contributed by atoms with Crippen molar-refractivity contribution in [3.05, 3.63) is 10.3 Å². The Labute approximate surface area is 170 Å². The molecule has 1 aromatic heterocycles. The van der Waals surface area contributed by atoms with Crippen LogP contribution in [0.2, 0.25) is 0 Å². The zero-order valence-electron chi connectivity index (χ0n) is 16.4. The Balaban J connectivity index is 2.19. The number of nitrogens with two attached hydrogens (primary N) is 1. The Hall–Kier alpha value is -1.78.